The fraction of sp³-hybridized carbons (Fsp3) is 0.407. The van der Waals surface area contributed by atoms with Crippen molar-refractivity contribution in [1.29, 1.82) is 0 Å². The minimum absolute atomic E-state index is 0.176. The van der Waals surface area contributed by atoms with Crippen molar-refractivity contribution >= 4 is 29.4 Å². The van der Waals surface area contributed by atoms with Gasteiger partial charge in [-0.2, -0.15) is 0 Å². The van der Waals surface area contributed by atoms with Gasteiger partial charge in [-0.25, -0.2) is 4.39 Å². The summed E-state index contributed by atoms with van der Waals surface area (Å²) >= 11 is 0. The largest absolute Gasteiger partial charge is 0.396 e. The van der Waals surface area contributed by atoms with Crippen LogP contribution in [0.25, 0.3) is 0 Å². The van der Waals surface area contributed by atoms with E-state index in [4.69, 9.17) is 4.74 Å². The highest BCUT2D eigenvalue weighted by Gasteiger charge is 2.66. The summed E-state index contributed by atoms with van der Waals surface area (Å²) in [6, 6.07) is 14.6. The number of carbonyl (C=O) groups is 2. The van der Waals surface area contributed by atoms with E-state index in [0.29, 0.717) is 22.6 Å². The standard InChI is InChI=1S/C27H31FN2O4/c1-5-14-29-22-12-11-20(30(17-32)19-9-7-6-8-10-19)16-21(22)27(25(29)33)18(2)24(26(3,4)28)23(34-27)13-15-31/h5-12,16-18,23-24,31H,1,13-15H2,2-4H3/t18-,23+,24-,27+/m1/s1. The van der Waals surface area contributed by atoms with Crippen LogP contribution in [0.2, 0.25) is 0 Å². The summed E-state index contributed by atoms with van der Waals surface area (Å²) < 4.78 is 21.9. The fourth-order valence-electron chi connectivity index (χ4n) is 5.75. The van der Waals surface area contributed by atoms with E-state index in [9.17, 15) is 14.7 Å². The Bertz CT molecular complexity index is 1080. The molecule has 1 spiro atoms. The van der Waals surface area contributed by atoms with E-state index in [-0.39, 0.29) is 25.5 Å². The SMILES string of the molecule is C=CCN1C(=O)[C@@]2(O[C@@H](CCO)[C@H](C(C)(C)F)[C@H]2C)c2cc(N(C=O)c3ccccc3)ccc21. The Balaban J connectivity index is 1.89. The lowest BCUT2D eigenvalue weighted by atomic mass is 9.71. The highest BCUT2D eigenvalue weighted by molar-refractivity contribution is 6.08. The molecule has 34 heavy (non-hydrogen) atoms. The van der Waals surface area contributed by atoms with Crippen molar-refractivity contribution in [3.05, 3.63) is 66.7 Å². The molecule has 2 aliphatic heterocycles. The van der Waals surface area contributed by atoms with Crippen LogP contribution < -0.4 is 9.80 Å². The van der Waals surface area contributed by atoms with Crippen LogP contribution in [-0.4, -0.2) is 42.3 Å². The molecule has 2 aliphatic rings. The number of nitrogens with zero attached hydrogens (tertiary/aromatic N) is 2. The maximum atomic E-state index is 15.4. The van der Waals surface area contributed by atoms with E-state index < -0.39 is 29.2 Å². The molecule has 4 atom stereocenters. The normalized spacial score (nSPS) is 26.1. The third-order valence-corrected chi connectivity index (χ3v) is 7.09. The predicted octanol–water partition coefficient (Wildman–Crippen LogP) is 4.49. The van der Waals surface area contributed by atoms with Gasteiger partial charge in [-0.1, -0.05) is 31.2 Å². The number of alkyl halides is 1. The minimum Gasteiger partial charge on any atom is -0.396 e. The molecule has 2 heterocycles. The Hall–Kier alpha value is -3.03. The van der Waals surface area contributed by atoms with Gasteiger partial charge in [-0.05, 0) is 50.6 Å². The first-order valence-electron chi connectivity index (χ1n) is 11.5. The van der Waals surface area contributed by atoms with E-state index in [0.717, 1.165) is 6.41 Å². The number of halogens is 1. The predicted molar refractivity (Wildman–Crippen MR) is 130 cm³/mol. The number of rotatable bonds is 8. The number of hydrogen-bond acceptors (Lipinski definition) is 4. The average molecular weight is 467 g/mol. The van der Waals surface area contributed by atoms with Gasteiger partial charge < -0.3 is 14.7 Å². The zero-order valence-corrected chi connectivity index (χ0v) is 19.8. The second-order valence-electron chi connectivity index (χ2n) is 9.50. The van der Waals surface area contributed by atoms with Gasteiger partial charge in [0.15, 0.2) is 5.60 Å². The molecular formula is C27H31FN2O4. The third-order valence-electron chi connectivity index (χ3n) is 7.09. The van der Waals surface area contributed by atoms with E-state index >= 15 is 4.39 Å². The summed E-state index contributed by atoms with van der Waals surface area (Å²) in [6.45, 7) is 8.69. The molecule has 1 saturated heterocycles. The molecule has 1 N–H and O–H groups in total. The van der Waals surface area contributed by atoms with Crippen LogP contribution in [0.5, 0.6) is 0 Å². The molecule has 7 heteroatoms. The zero-order valence-electron chi connectivity index (χ0n) is 19.8. The Morgan fingerprint density at radius 3 is 2.53 bits per heavy atom. The summed E-state index contributed by atoms with van der Waals surface area (Å²) in [5.74, 6) is -1.40. The number of aliphatic hydroxyl groups is 1. The lowest BCUT2D eigenvalue weighted by molar-refractivity contribution is -0.146. The van der Waals surface area contributed by atoms with Gasteiger partial charge in [0.1, 0.15) is 5.67 Å². The Morgan fingerprint density at radius 1 is 1.24 bits per heavy atom. The topological polar surface area (TPSA) is 70.1 Å². The number of anilines is 3. The number of hydrogen-bond donors (Lipinski definition) is 1. The Kier molecular flexibility index (Phi) is 6.36. The average Bonchev–Trinajstić information content (AvgIpc) is 3.23. The van der Waals surface area contributed by atoms with Gasteiger partial charge in [0.2, 0.25) is 6.41 Å². The number of ether oxygens (including phenoxy) is 1. The summed E-state index contributed by atoms with van der Waals surface area (Å²) in [6.07, 6.45) is 1.94. The molecule has 0 aromatic heterocycles. The molecular weight excluding hydrogens is 435 g/mol. The smallest absolute Gasteiger partial charge is 0.264 e. The summed E-state index contributed by atoms with van der Waals surface area (Å²) in [5, 5.41) is 9.64. The van der Waals surface area contributed by atoms with Crippen molar-refractivity contribution in [3.8, 4) is 0 Å². The highest BCUT2D eigenvalue weighted by atomic mass is 19.1. The van der Waals surface area contributed by atoms with Crippen LogP contribution in [0.1, 0.15) is 32.8 Å². The summed E-state index contributed by atoms with van der Waals surface area (Å²) in [4.78, 5) is 29.1. The van der Waals surface area contributed by atoms with Crippen molar-refractivity contribution in [3.63, 3.8) is 0 Å². The molecule has 0 bridgehead atoms. The maximum absolute atomic E-state index is 15.4. The quantitative estimate of drug-likeness (QED) is 0.460. The van der Waals surface area contributed by atoms with Crippen LogP contribution in [0.4, 0.5) is 21.5 Å². The Morgan fingerprint density at radius 2 is 1.94 bits per heavy atom. The number of carbonyl (C=O) groups excluding carboxylic acids is 2. The van der Waals surface area contributed by atoms with Crippen LogP contribution in [0.15, 0.2) is 61.2 Å². The van der Waals surface area contributed by atoms with Crippen molar-refractivity contribution in [2.75, 3.05) is 23.0 Å². The molecule has 180 valence electrons. The number of aliphatic hydroxyl groups excluding tert-OH is 1. The molecule has 6 nitrogen and oxygen atoms in total. The molecule has 0 aliphatic carbocycles. The highest BCUT2D eigenvalue weighted by Crippen LogP contribution is 2.58. The van der Waals surface area contributed by atoms with E-state index in [1.807, 2.05) is 37.3 Å². The first-order chi connectivity index (χ1) is 16.2. The van der Waals surface area contributed by atoms with Gasteiger partial charge in [0.05, 0.1) is 11.8 Å². The number of para-hydroxylation sites is 1. The lowest BCUT2D eigenvalue weighted by Crippen LogP contribution is -2.45. The van der Waals surface area contributed by atoms with Gasteiger partial charge in [0.25, 0.3) is 5.91 Å². The maximum Gasteiger partial charge on any atom is 0.264 e. The molecule has 0 saturated carbocycles. The Labute approximate surface area is 199 Å². The molecule has 2 aromatic rings. The first kappa shape index (κ1) is 24.1. The number of fused-ring (bicyclic) bond motifs is 2. The summed E-state index contributed by atoms with van der Waals surface area (Å²) in [5.41, 5.74) is -0.551. The van der Waals surface area contributed by atoms with Crippen LogP contribution in [0.3, 0.4) is 0 Å². The van der Waals surface area contributed by atoms with Crippen molar-refractivity contribution < 1.29 is 23.8 Å². The monoisotopic (exact) mass is 466 g/mol. The molecule has 1 fully saturated rings. The van der Waals surface area contributed by atoms with E-state index in [2.05, 4.69) is 6.58 Å². The first-order valence-corrected chi connectivity index (χ1v) is 11.5. The zero-order chi connectivity index (χ0) is 24.7. The molecule has 4 rings (SSSR count). The molecule has 2 aromatic carbocycles. The van der Waals surface area contributed by atoms with Crippen LogP contribution in [-0.2, 0) is 19.9 Å². The lowest BCUT2D eigenvalue weighted by Gasteiger charge is -2.32. The minimum atomic E-state index is -1.63. The number of amides is 2. The van der Waals surface area contributed by atoms with Gasteiger partial charge in [-0.15, -0.1) is 6.58 Å². The van der Waals surface area contributed by atoms with E-state index in [1.165, 1.54) is 18.7 Å². The van der Waals surface area contributed by atoms with Crippen molar-refractivity contribution in [2.45, 2.75) is 44.6 Å². The van der Waals surface area contributed by atoms with Crippen LogP contribution >= 0.6 is 0 Å². The fourth-order valence-corrected chi connectivity index (χ4v) is 5.75. The van der Waals surface area contributed by atoms with Gasteiger partial charge in [-0.3, -0.25) is 14.5 Å². The molecule has 0 radical (unpaired) electrons. The van der Waals surface area contributed by atoms with Crippen molar-refractivity contribution in [1.82, 2.24) is 0 Å². The van der Waals surface area contributed by atoms with E-state index in [1.54, 1.807) is 29.2 Å². The summed E-state index contributed by atoms with van der Waals surface area (Å²) in [7, 11) is 0. The van der Waals surface area contributed by atoms with Gasteiger partial charge in [0, 0.05) is 41.9 Å². The second-order valence-corrected chi connectivity index (χ2v) is 9.50. The van der Waals surface area contributed by atoms with Crippen molar-refractivity contribution in [2.24, 2.45) is 11.8 Å². The van der Waals surface area contributed by atoms with Gasteiger partial charge >= 0.3 is 0 Å². The molecule has 2 amide bonds. The number of benzene rings is 2. The second kappa shape index (κ2) is 8.96. The third kappa shape index (κ3) is 3.63. The molecule has 0 unspecified atom stereocenters. The van der Waals surface area contributed by atoms with Crippen LogP contribution in [0, 0.1) is 11.8 Å².